The number of aliphatic hydroxyl groups is 1. The molecule has 0 rings (SSSR count). The molecule has 0 aromatic rings. The topological polar surface area (TPSA) is 60.9 Å². The first-order chi connectivity index (χ1) is 8.08. The fourth-order valence-electron chi connectivity index (χ4n) is 1.48. The average molecular weight is 244 g/mol. The Morgan fingerprint density at radius 3 is 2.12 bits per heavy atom. The maximum absolute atomic E-state index is 11.9. The molecule has 0 saturated heterocycles. The van der Waals surface area contributed by atoms with Gasteiger partial charge >= 0.3 is 11.8 Å². The summed E-state index contributed by atoms with van der Waals surface area (Å²) in [6, 6.07) is 0. The number of unbranched alkanes of at least 4 members (excludes halogenated alkanes) is 1. The number of carbonyl (C=O) groups excluding carboxylic acids is 2. The van der Waals surface area contributed by atoms with E-state index in [9.17, 15) is 9.59 Å². The zero-order chi connectivity index (χ0) is 13.3. The van der Waals surface area contributed by atoms with Crippen molar-refractivity contribution in [2.24, 2.45) is 0 Å². The molecule has 0 aliphatic rings. The molecule has 0 aliphatic carbocycles. The Kier molecular flexibility index (Phi) is 8.40. The van der Waals surface area contributed by atoms with Crippen LogP contribution < -0.4 is 0 Å². The van der Waals surface area contributed by atoms with Crippen LogP contribution in [0.5, 0.6) is 0 Å². The number of carbonyl (C=O) groups is 2. The summed E-state index contributed by atoms with van der Waals surface area (Å²) in [5, 5.41) is 8.73. The van der Waals surface area contributed by atoms with Gasteiger partial charge in [-0.1, -0.05) is 20.3 Å². The van der Waals surface area contributed by atoms with Gasteiger partial charge in [-0.25, -0.2) is 0 Å². The lowest BCUT2D eigenvalue weighted by molar-refractivity contribution is -0.151. The van der Waals surface area contributed by atoms with Crippen LogP contribution in [0.2, 0.25) is 0 Å². The summed E-state index contributed by atoms with van der Waals surface area (Å²) in [6.07, 6.45) is 2.74. The molecule has 0 fully saturated rings. The van der Waals surface area contributed by atoms with Crippen LogP contribution in [0.4, 0.5) is 0 Å². The van der Waals surface area contributed by atoms with E-state index in [2.05, 4.69) is 0 Å². The lowest BCUT2D eigenvalue weighted by Gasteiger charge is -2.24. The molecule has 0 unspecified atom stereocenters. The van der Waals surface area contributed by atoms with Gasteiger partial charge in [-0.05, 0) is 12.8 Å². The quantitative estimate of drug-likeness (QED) is 0.662. The molecule has 0 saturated carbocycles. The van der Waals surface area contributed by atoms with Gasteiger partial charge in [0.1, 0.15) is 0 Å². The largest absolute Gasteiger partial charge is 0.395 e. The van der Waals surface area contributed by atoms with Crippen molar-refractivity contribution >= 4 is 11.8 Å². The number of rotatable bonds is 7. The normalized spacial score (nSPS) is 10.1. The van der Waals surface area contributed by atoms with E-state index in [4.69, 9.17) is 5.11 Å². The van der Waals surface area contributed by atoms with Crippen molar-refractivity contribution in [2.45, 2.75) is 33.1 Å². The molecule has 5 heteroatoms. The molecule has 0 atom stereocenters. The Hall–Kier alpha value is -1.10. The summed E-state index contributed by atoms with van der Waals surface area (Å²) in [5.41, 5.74) is 0. The van der Waals surface area contributed by atoms with Crippen molar-refractivity contribution in [3.63, 3.8) is 0 Å². The van der Waals surface area contributed by atoms with E-state index in [1.807, 2.05) is 13.8 Å². The Labute approximate surface area is 103 Å². The smallest absolute Gasteiger partial charge is 0.312 e. The van der Waals surface area contributed by atoms with E-state index in [1.165, 1.54) is 11.9 Å². The van der Waals surface area contributed by atoms with E-state index >= 15 is 0 Å². The van der Waals surface area contributed by atoms with Gasteiger partial charge in [0, 0.05) is 26.7 Å². The number of hydrogen-bond donors (Lipinski definition) is 1. The van der Waals surface area contributed by atoms with Gasteiger partial charge in [-0.15, -0.1) is 0 Å². The minimum absolute atomic E-state index is 0.127. The van der Waals surface area contributed by atoms with Crippen LogP contribution in [0.15, 0.2) is 0 Å². The minimum Gasteiger partial charge on any atom is -0.395 e. The van der Waals surface area contributed by atoms with Gasteiger partial charge in [0.2, 0.25) is 0 Å². The maximum atomic E-state index is 11.9. The Morgan fingerprint density at radius 1 is 1.00 bits per heavy atom. The highest BCUT2D eigenvalue weighted by molar-refractivity contribution is 6.34. The van der Waals surface area contributed by atoms with Gasteiger partial charge in [-0.3, -0.25) is 9.59 Å². The second-order valence-corrected chi connectivity index (χ2v) is 4.10. The van der Waals surface area contributed by atoms with Gasteiger partial charge in [0.05, 0.1) is 6.61 Å². The van der Waals surface area contributed by atoms with Crippen molar-refractivity contribution < 1.29 is 14.7 Å². The van der Waals surface area contributed by atoms with Crippen LogP contribution in [0.1, 0.15) is 33.1 Å². The van der Waals surface area contributed by atoms with Crippen molar-refractivity contribution in [2.75, 3.05) is 33.3 Å². The van der Waals surface area contributed by atoms with Crippen molar-refractivity contribution in [1.29, 1.82) is 0 Å². The Bertz CT molecular complexity index is 244. The van der Waals surface area contributed by atoms with Crippen molar-refractivity contribution in [3.05, 3.63) is 0 Å². The summed E-state index contributed by atoms with van der Waals surface area (Å²) in [4.78, 5) is 26.5. The fourth-order valence-corrected chi connectivity index (χ4v) is 1.48. The molecule has 17 heavy (non-hydrogen) atoms. The third kappa shape index (κ3) is 5.68. The molecule has 0 aliphatic heterocycles. The zero-order valence-corrected chi connectivity index (χ0v) is 11.1. The van der Waals surface area contributed by atoms with E-state index in [-0.39, 0.29) is 13.2 Å². The molecule has 0 radical (unpaired) electrons. The predicted molar refractivity (Wildman–Crippen MR) is 66.5 cm³/mol. The van der Waals surface area contributed by atoms with Crippen molar-refractivity contribution in [1.82, 2.24) is 9.80 Å². The summed E-state index contributed by atoms with van der Waals surface area (Å²) in [7, 11) is 1.53. The second kappa shape index (κ2) is 8.98. The number of likely N-dealkylation sites (N-methyl/N-ethyl adjacent to an activating group) is 1. The van der Waals surface area contributed by atoms with E-state index < -0.39 is 11.8 Å². The highest BCUT2D eigenvalue weighted by Crippen LogP contribution is 2.00. The van der Waals surface area contributed by atoms with Crippen LogP contribution >= 0.6 is 0 Å². The van der Waals surface area contributed by atoms with Crippen molar-refractivity contribution in [3.8, 4) is 0 Å². The molecule has 0 aromatic carbocycles. The van der Waals surface area contributed by atoms with E-state index in [0.29, 0.717) is 13.1 Å². The standard InChI is InChI=1S/C12H24N2O3/c1-4-6-8-14(7-5-2)12(17)11(16)13(3)9-10-15/h15H,4-10H2,1-3H3. The molecular weight excluding hydrogens is 220 g/mol. The van der Waals surface area contributed by atoms with Gasteiger partial charge in [0.25, 0.3) is 0 Å². The van der Waals surface area contributed by atoms with Crippen LogP contribution in [0.25, 0.3) is 0 Å². The number of aliphatic hydroxyl groups excluding tert-OH is 1. The van der Waals surface area contributed by atoms with Crippen LogP contribution in [-0.4, -0.2) is 60.0 Å². The molecule has 0 bridgehead atoms. The predicted octanol–water partition coefficient (Wildman–Crippen LogP) is 0.476. The van der Waals surface area contributed by atoms with Gasteiger partial charge in [0.15, 0.2) is 0 Å². The zero-order valence-electron chi connectivity index (χ0n) is 11.1. The SMILES string of the molecule is CCCCN(CCC)C(=O)C(=O)N(C)CCO. The number of nitrogens with zero attached hydrogens (tertiary/aromatic N) is 2. The Balaban J connectivity index is 4.42. The molecule has 5 nitrogen and oxygen atoms in total. The van der Waals surface area contributed by atoms with Gasteiger partial charge < -0.3 is 14.9 Å². The fraction of sp³-hybridized carbons (Fsp3) is 0.833. The van der Waals surface area contributed by atoms with Crippen LogP contribution in [0.3, 0.4) is 0 Å². The summed E-state index contributed by atoms with van der Waals surface area (Å²) < 4.78 is 0. The molecule has 0 heterocycles. The monoisotopic (exact) mass is 244 g/mol. The first-order valence-electron chi connectivity index (χ1n) is 6.23. The van der Waals surface area contributed by atoms with E-state index in [0.717, 1.165) is 19.3 Å². The molecular formula is C12H24N2O3. The maximum Gasteiger partial charge on any atom is 0.312 e. The highest BCUT2D eigenvalue weighted by Gasteiger charge is 2.23. The lowest BCUT2D eigenvalue weighted by Crippen LogP contribution is -2.45. The van der Waals surface area contributed by atoms with Gasteiger partial charge in [-0.2, -0.15) is 0 Å². The Morgan fingerprint density at radius 2 is 1.65 bits per heavy atom. The lowest BCUT2D eigenvalue weighted by atomic mass is 10.3. The molecule has 0 aromatic heterocycles. The number of amides is 2. The first-order valence-corrected chi connectivity index (χ1v) is 6.23. The van der Waals surface area contributed by atoms with E-state index in [1.54, 1.807) is 4.90 Å². The third-order valence-electron chi connectivity index (χ3n) is 2.53. The summed E-state index contributed by atoms with van der Waals surface area (Å²) in [5.74, 6) is -1.00. The molecule has 1 N–H and O–H groups in total. The first kappa shape index (κ1) is 15.9. The van der Waals surface area contributed by atoms with Crippen LogP contribution in [0, 0.1) is 0 Å². The summed E-state index contributed by atoms with van der Waals surface area (Å²) in [6.45, 7) is 5.33. The highest BCUT2D eigenvalue weighted by atomic mass is 16.3. The number of hydrogen-bond acceptors (Lipinski definition) is 3. The molecule has 100 valence electrons. The third-order valence-corrected chi connectivity index (χ3v) is 2.53. The van der Waals surface area contributed by atoms with Crippen LogP contribution in [-0.2, 0) is 9.59 Å². The summed E-state index contributed by atoms with van der Waals surface area (Å²) >= 11 is 0. The molecule has 0 spiro atoms. The molecule has 2 amide bonds. The second-order valence-electron chi connectivity index (χ2n) is 4.10. The average Bonchev–Trinajstić information content (AvgIpc) is 2.33. The minimum atomic E-state index is -0.538.